The van der Waals surface area contributed by atoms with Crippen LogP contribution in [0.2, 0.25) is 0 Å². The molecule has 9 heteroatoms. The predicted octanol–water partition coefficient (Wildman–Crippen LogP) is 2.79. The van der Waals surface area contributed by atoms with Gasteiger partial charge in [-0.05, 0) is 30.9 Å². The molecule has 2 heterocycles. The highest BCUT2D eigenvalue weighted by Gasteiger charge is 2.29. The highest BCUT2D eigenvalue weighted by atomic mass is 16.6. The molecule has 1 aromatic heterocycles. The summed E-state index contributed by atoms with van der Waals surface area (Å²) in [6.07, 6.45) is -0.477. The lowest BCUT2D eigenvalue weighted by Gasteiger charge is -2.30. The number of fused-ring (bicyclic) bond motifs is 1. The average Bonchev–Trinajstić information content (AvgIpc) is 3.20. The third-order valence-electron chi connectivity index (χ3n) is 4.92. The molecule has 0 radical (unpaired) electrons. The van der Waals surface area contributed by atoms with E-state index in [0.29, 0.717) is 50.2 Å². The van der Waals surface area contributed by atoms with Crippen LogP contribution in [0.5, 0.6) is 0 Å². The maximum absolute atomic E-state index is 12.7. The molecule has 1 aliphatic rings. The number of benzene rings is 1. The summed E-state index contributed by atoms with van der Waals surface area (Å²) in [7, 11) is 0. The van der Waals surface area contributed by atoms with Crippen LogP contribution in [0.15, 0.2) is 28.7 Å². The number of ether oxygens (including phenoxy) is 2. The van der Waals surface area contributed by atoms with Gasteiger partial charge in [0.05, 0.1) is 13.2 Å². The first kappa shape index (κ1) is 22.7. The lowest BCUT2D eigenvalue weighted by atomic mass is 10.0. The number of aromatic nitrogens is 1. The van der Waals surface area contributed by atoms with E-state index in [4.69, 9.17) is 13.9 Å². The van der Waals surface area contributed by atoms with Crippen LogP contribution in [-0.4, -0.2) is 66.6 Å². The lowest BCUT2D eigenvalue weighted by molar-refractivity contribution is -0.145. The number of amides is 2. The van der Waals surface area contributed by atoms with E-state index in [0.717, 1.165) is 0 Å². The first-order chi connectivity index (χ1) is 14.9. The minimum atomic E-state index is -0.834. The number of carbonyl (C=O) groups excluding carboxylic acids is 3. The van der Waals surface area contributed by atoms with Gasteiger partial charge in [0.25, 0.3) is 11.8 Å². The van der Waals surface area contributed by atoms with Crippen molar-refractivity contribution in [3.8, 4) is 0 Å². The molecule has 2 amide bonds. The number of hydrogen-bond acceptors (Lipinski definition) is 7. The second-order valence-electron chi connectivity index (χ2n) is 7.90. The van der Waals surface area contributed by atoms with Crippen molar-refractivity contribution >= 4 is 28.9 Å². The molecule has 9 nitrogen and oxygen atoms in total. The molecule has 2 aromatic rings. The molecule has 1 N–H and O–H groups in total. The maximum Gasteiger partial charge on any atom is 0.407 e. The molecule has 168 valence electrons. The number of oxazole rings is 1. The van der Waals surface area contributed by atoms with E-state index < -0.39 is 12.2 Å². The maximum atomic E-state index is 12.7. The van der Waals surface area contributed by atoms with Crippen molar-refractivity contribution in [3.05, 3.63) is 30.2 Å². The molecule has 0 saturated carbocycles. The molecule has 0 unspecified atom stereocenters. The molecule has 1 fully saturated rings. The van der Waals surface area contributed by atoms with Gasteiger partial charge >= 0.3 is 6.09 Å². The van der Waals surface area contributed by atoms with Gasteiger partial charge in [0.1, 0.15) is 5.52 Å². The van der Waals surface area contributed by atoms with Crippen molar-refractivity contribution in [1.82, 2.24) is 15.2 Å². The Kier molecular flexibility index (Phi) is 8.00. The van der Waals surface area contributed by atoms with E-state index in [-0.39, 0.29) is 36.5 Å². The quantitative estimate of drug-likeness (QED) is 0.480. The number of ketones is 1. The molecule has 1 aliphatic heterocycles. The average molecular weight is 431 g/mol. The fraction of sp³-hybridized carbons (Fsp3) is 0.545. The summed E-state index contributed by atoms with van der Waals surface area (Å²) < 4.78 is 16.1. The number of alkyl carbamates (subject to hydrolysis) is 1. The normalized spacial score (nSPS) is 15.1. The smallest absolute Gasteiger partial charge is 0.407 e. The molecule has 3 rings (SSSR count). The number of nitrogens with zero attached hydrogens (tertiary/aromatic N) is 2. The Bertz CT molecular complexity index is 871. The van der Waals surface area contributed by atoms with Gasteiger partial charge in [0.2, 0.25) is 5.78 Å². The van der Waals surface area contributed by atoms with Crippen molar-refractivity contribution in [3.63, 3.8) is 0 Å². The fourth-order valence-corrected chi connectivity index (χ4v) is 3.32. The van der Waals surface area contributed by atoms with E-state index in [1.807, 2.05) is 26.0 Å². The fourth-order valence-electron chi connectivity index (χ4n) is 3.32. The van der Waals surface area contributed by atoms with Crippen LogP contribution < -0.4 is 5.32 Å². The summed E-state index contributed by atoms with van der Waals surface area (Å²) in [4.78, 5) is 43.0. The summed E-state index contributed by atoms with van der Waals surface area (Å²) in [6, 6.07) is 7.17. The second kappa shape index (κ2) is 10.9. The summed E-state index contributed by atoms with van der Waals surface area (Å²) in [5.41, 5.74) is 1.20. The number of carbonyl (C=O) groups is 3. The zero-order chi connectivity index (χ0) is 22.2. The van der Waals surface area contributed by atoms with Crippen LogP contribution in [0.25, 0.3) is 11.1 Å². The first-order valence-electron chi connectivity index (χ1n) is 10.6. The highest BCUT2D eigenvalue weighted by molar-refractivity contribution is 5.94. The van der Waals surface area contributed by atoms with Crippen LogP contribution >= 0.6 is 0 Å². The lowest BCUT2D eigenvalue weighted by Crippen LogP contribution is -2.48. The molecule has 0 aliphatic carbocycles. The Hall–Kier alpha value is -2.94. The van der Waals surface area contributed by atoms with E-state index in [1.54, 1.807) is 17.0 Å². The summed E-state index contributed by atoms with van der Waals surface area (Å²) in [5.74, 6) is -0.168. The van der Waals surface area contributed by atoms with Gasteiger partial charge in [0.15, 0.2) is 11.7 Å². The zero-order valence-electron chi connectivity index (χ0n) is 18.0. The van der Waals surface area contributed by atoms with Gasteiger partial charge in [-0.2, -0.15) is 0 Å². The molecule has 31 heavy (non-hydrogen) atoms. The minimum Gasteiger partial charge on any atom is -0.436 e. The minimum absolute atomic E-state index is 0.0666. The Morgan fingerprint density at radius 1 is 1.19 bits per heavy atom. The first-order valence-corrected chi connectivity index (χ1v) is 10.6. The molecular formula is C22H29N3O6. The number of rotatable bonds is 9. The molecule has 1 atom stereocenters. The monoisotopic (exact) mass is 431 g/mol. The predicted molar refractivity (Wildman–Crippen MR) is 113 cm³/mol. The molecule has 0 bridgehead atoms. The Morgan fingerprint density at radius 3 is 2.65 bits per heavy atom. The molecular weight excluding hydrogens is 402 g/mol. The van der Waals surface area contributed by atoms with Gasteiger partial charge in [-0.3, -0.25) is 9.59 Å². The van der Waals surface area contributed by atoms with Crippen LogP contribution in [-0.2, 0) is 14.3 Å². The third-order valence-corrected chi connectivity index (χ3v) is 4.92. The summed E-state index contributed by atoms with van der Waals surface area (Å²) in [6.45, 7) is 6.15. The second-order valence-corrected chi connectivity index (χ2v) is 7.90. The topological polar surface area (TPSA) is 111 Å². The van der Waals surface area contributed by atoms with Crippen molar-refractivity contribution < 1.29 is 28.3 Å². The van der Waals surface area contributed by atoms with Crippen LogP contribution in [0.3, 0.4) is 0 Å². The number of nitrogens with one attached hydrogen (secondary N) is 1. The van der Waals surface area contributed by atoms with Crippen LogP contribution in [0.4, 0.5) is 4.79 Å². The van der Waals surface area contributed by atoms with Crippen molar-refractivity contribution in [2.45, 2.75) is 39.2 Å². The van der Waals surface area contributed by atoms with Gasteiger partial charge in [-0.1, -0.05) is 26.0 Å². The highest BCUT2D eigenvalue weighted by Crippen LogP contribution is 2.16. The number of morpholine rings is 1. The van der Waals surface area contributed by atoms with Crippen LogP contribution in [0, 0.1) is 5.92 Å². The number of para-hydroxylation sites is 2. The zero-order valence-corrected chi connectivity index (χ0v) is 18.0. The Labute approximate surface area is 181 Å². The standard InChI is InChI=1S/C22H29N3O6/c1-15(2)14-19(21(27)25-10-12-29-13-11-25)31-22(28)23-9-5-7-17(26)20-24-16-6-3-4-8-18(16)30-20/h3-4,6,8,15,19H,5,7,9-14H2,1-2H3,(H,23,28)/t19-/m0/s1. The summed E-state index contributed by atoms with van der Waals surface area (Å²) in [5, 5.41) is 2.62. The van der Waals surface area contributed by atoms with Crippen LogP contribution in [0.1, 0.15) is 43.8 Å². The van der Waals surface area contributed by atoms with Gasteiger partial charge < -0.3 is 24.1 Å². The Balaban J connectivity index is 1.43. The number of hydrogen-bond donors (Lipinski definition) is 1. The van der Waals surface area contributed by atoms with E-state index in [9.17, 15) is 14.4 Å². The Morgan fingerprint density at radius 2 is 1.94 bits per heavy atom. The van der Waals surface area contributed by atoms with Crippen molar-refractivity contribution in [2.75, 3.05) is 32.8 Å². The van der Waals surface area contributed by atoms with E-state index >= 15 is 0 Å². The van der Waals surface area contributed by atoms with E-state index in [2.05, 4.69) is 10.3 Å². The third kappa shape index (κ3) is 6.52. The molecule has 1 aromatic carbocycles. The van der Waals surface area contributed by atoms with Crippen molar-refractivity contribution in [2.24, 2.45) is 5.92 Å². The van der Waals surface area contributed by atoms with E-state index in [1.165, 1.54) is 0 Å². The molecule has 1 saturated heterocycles. The SMILES string of the molecule is CC(C)C[C@H](OC(=O)NCCCC(=O)c1nc2ccccc2o1)C(=O)N1CCOCC1. The largest absolute Gasteiger partial charge is 0.436 e. The summed E-state index contributed by atoms with van der Waals surface area (Å²) >= 11 is 0. The molecule has 0 spiro atoms. The number of Topliss-reactive ketones (excluding diaryl/α,β-unsaturated/α-hetero) is 1. The van der Waals surface area contributed by atoms with Gasteiger partial charge in [-0.25, -0.2) is 9.78 Å². The van der Waals surface area contributed by atoms with Crippen molar-refractivity contribution in [1.29, 1.82) is 0 Å². The van der Waals surface area contributed by atoms with Gasteiger partial charge in [0, 0.05) is 26.1 Å². The van der Waals surface area contributed by atoms with Gasteiger partial charge in [-0.15, -0.1) is 0 Å².